The first-order valence-electron chi connectivity index (χ1n) is 44.4. The Kier molecular flexibility index (Phi) is 30.0. The number of ether oxygens (including phenoxy) is 3. The van der Waals surface area contributed by atoms with E-state index in [1.807, 2.05) is 114 Å². The van der Waals surface area contributed by atoms with Gasteiger partial charge in [0, 0.05) is 149 Å². The molecule has 0 aliphatic carbocycles. The Morgan fingerprint density at radius 3 is 1.34 bits per heavy atom. The number of nitrogens with zero attached hydrogens (tertiary/aromatic N) is 13. The van der Waals surface area contributed by atoms with Crippen molar-refractivity contribution < 1.29 is 109 Å². The smallest absolute Gasteiger partial charge is 0.456 e. The minimum atomic E-state index is -5.00. The third kappa shape index (κ3) is 20.2. The Morgan fingerprint density at radius 1 is 0.436 bits per heavy atom. The fourth-order valence-corrected chi connectivity index (χ4v) is 20.8. The van der Waals surface area contributed by atoms with Crippen molar-refractivity contribution >= 4 is 35.2 Å². The van der Waals surface area contributed by atoms with Crippen LogP contribution in [0.5, 0.6) is 17.2 Å². The molecule has 0 unspecified atom stereocenters. The van der Waals surface area contributed by atoms with Crippen LogP contribution in [-0.4, -0.2) is 236 Å². The van der Waals surface area contributed by atoms with Gasteiger partial charge in [0.1, 0.15) is 22.8 Å². The number of pyridine rings is 1. The molecular formula is C96H116F15N13O9. The van der Waals surface area contributed by atoms with E-state index in [9.17, 15) is 94.6 Å². The Morgan fingerprint density at radius 2 is 0.865 bits per heavy atom. The lowest BCUT2D eigenvalue weighted by Crippen LogP contribution is -2.59. The average Bonchev–Trinajstić information content (AvgIpc) is 1.62. The number of methoxy groups -OCH3 is 2. The van der Waals surface area contributed by atoms with Gasteiger partial charge in [-0.3, -0.25) is 48.4 Å². The second-order valence-corrected chi connectivity index (χ2v) is 35.9. The highest BCUT2D eigenvalue weighted by Gasteiger charge is 2.55. The number of carbonyl (C=O) groups is 6. The molecule has 8 aliphatic heterocycles. The second-order valence-electron chi connectivity index (χ2n) is 35.9. The highest BCUT2D eigenvalue weighted by molar-refractivity contribution is 6.00. The van der Waals surface area contributed by atoms with Gasteiger partial charge in [-0.15, -0.1) is 0 Å². The summed E-state index contributed by atoms with van der Waals surface area (Å²) in [6.07, 6.45) is -14.6. The van der Waals surface area contributed by atoms with E-state index in [2.05, 4.69) is 26.6 Å². The molecule has 5 aromatic heterocycles. The molecule has 3 aromatic carbocycles. The first-order valence-corrected chi connectivity index (χ1v) is 44.4. The minimum Gasteiger partial charge on any atom is -0.496 e. The number of unbranched alkanes of at least 4 members (excludes halogenated alkanes) is 2. The van der Waals surface area contributed by atoms with Crippen molar-refractivity contribution in [1.82, 2.24) is 62.5 Å². The van der Waals surface area contributed by atoms with Crippen molar-refractivity contribution in [2.24, 2.45) is 0 Å². The number of amides is 4. The number of hydrogen-bond donors (Lipinski definition) is 0. The van der Waals surface area contributed by atoms with E-state index >= 15 is 0 Å². The second kappa shape index (κ2) is 39.3. The lowest BCUT2D eigenvalue weighted by molar-refractivity contribution is -0.145. The zero-order chi connectivity index (χ0) is 96.1. The van der Waals surface area contributed by atoms with Gasteiger partial charge in [-0.1, -0.05) is 45.4 Å². The third-order valence-corrected chi connectivity index (χ3v) is 28.1. The van der Waals surface area contributed by atoms with Crippen molar-refractivity contribution in [2.75, 3.05) is 108 Å². The minimum absolute atomic E-state index is 0. The maximum atomic E-state index is 13.5. The molecule has 3 atom stereocenters. The molecule has 0 N–H and O–H groups in total. The summed E-state index contributed by atoms with van der Waals surface area (Å²) in [4.78, 5) is 96.0. The van der Waals surface area contributed by atoms with Crippen LogP contribution in [0.2, 0.25) is 0 Å². The van der Waals surface area contributed by atoms with Crippen molar-refractivity contribution in [2.45, 2.75) is 223 Å². The van der Waals surface area contributed by atoms with Gasteiger partial charge in [0.2, 0.25) is 0 Å². The molecule has 16 rings (SSSR count). The summed E-state index contributed by atoms with van der Waals surface area (Å²) in [6.45, 7) is 17.3. The van der Waals surface area contributed by atoms with Gasteiger partial charge in [-0.05, 0) is 242 Å². The van der Waals surface area contributed by atoms with E-state index < -0.39 is 93.2 Å². The van der Waals surface area contributed by atoms with E-state index in [0.29, 0.717) is 169 Å². The van der Waals surface area contributed by atoms with Crippen LogP contribution in [0.3, 0.4) is 0 Å². The molecule has 0 radical (unpaired) electrons. The number of fused-ring (bicyclic) bond motifs is 8. The molecule has 4 saturated heterocycles. The summed E-state index contributed by atoms with van der Waals surface area (Å²) >= 11 is 0. The Bertz CT molecular complexity index is 5510. The normalized spacial score (nSPS) is 20.3. The molecule has 4 fully saturated rings. The maximum absolute atomic E-state index is 13.5. The third-order valence-electron chi connectivity index (χ3n) is 28.1. The average molecular weight is 1880 g/mol. The van der Waals surface area contributed by atoms with Crippen molar-refractivity contribution in [3.05, 3.63) is 212 Å². The van der Waals surface area contributed by atoms with Gasteiger partial charge >= 0.3 is 30.9 Å². The number of likely N-dealkylation sites (tertiary alicyclic amines) is 4. The summed E-state index contributed by atoms with van der Waals surface area (Å²) in [6, 6.07) is 32.4. The zero-order valence-corrected chi connectivity index (χ0v) is 75.9. The monoisotopic (exact) mass is 1880 g/mol. The number of rotatable bonds is 14. The molecule has 724 valence electrons. The van der Waals surface area contributed by atoms with Crippen LogP contribution < -0.4 is 14.2 Å². The predicted molar refractivity (Wildman–Crippen MR) is 468 cm³/mol. The van der Waals surface area contributed by atoms with Crippen molar-refractivity contribution in [3.8, 4) is 17.2 Å². The van der Waals surface area contributed by atoms with Gasteiger partial charge < -0.3 is 52.1 Å². The quantitative estimate of drug-likeness (QED) is 0.0568. The summed E-state index contributed by atoms with van der Waals surface area (Å²) in [7, 11) is 10.4. The van der Waals surface area contributed by atoms with Gasteiger partial charge in [0.05, 0.1) is 59.4 Å². The highest BCUT2D eigenvalue weighted by Crippen LogP contribution is 2.51. The Hall–Kier alpha value is -10.7. The largest absolute Gasteiger partial charge is 0.496 e. The number of carbonyl (C=O) groups excluding carboxylic acids is 6. The molecule has 0 saturated carbocycles. The molecule has 37 heteroatoms. The SMILES string of the molecule is C.CCCCCc1ccc(C(=O)N2CCC3(CC2)c2ccc(C(=O)C(F)(F)F)n2CCN3C)cc1.COc1cc(C(=O)N2CC[C@@]3(C[C@@H]2C)c2ccc(C(F)(F)F)n2CCN3C)ccc1OC(C)C.COc1ccc(C(=O)N2CCC3(CC2)c2ccc(C(=O)C(F)(F)F)n2C[C@@H](C)N3C)cc1C(F)(F)F.Cc1cccc(C(=O)N2CCC3(CC2)c2ccc(C(F)(F)F)n2CCN3C)n1. The number of Topliss-reactive ketones (excluding diaryl/α,β-unsaturated/α-hetero) is 2. The topological polar surface area (TPSA) is 189 Å². The number of aromatic nitrogens is 5. The van der Waals surface area contributed by atoms with Crippen molar-refractivity contribution in [3.63, 3.8) is 0 Å². The molecule has 8 aromatic rings. The van der Waals surface area contributed by atoms with Crippen LogP contribution in [0.1, 0.15) is 226 Å². The van der Waals surface area contributed by atoms with E-state index in [1.54, 1.807) is 47.4 Å². The van der Waals surface area contributed by atoms with Gasteiger partial charge in [-0.2, -0.15) is 65.9 Å². The van der Waals surface area contributed by atoms with Gasteiger partial charge in [-0.25, -0.2) is 4.98 Å². The van der Waals surface area contributed by atoms with Crippen LogP contribution in [0.15, 0.2) is 127 Å². The fourth-order valence-electron chi connectivity index (χ4n) is 20.8. The summed E-state index contributed by atoms with van der Waals surface area (Å²) in [5, 5.41) is 0. The number of piperidine rings is 4. The van der Waals surface area contributed by atoms with Gasteiger partial charge in [0.15, 0.2) is 11.5 Å². The predicted octanol–water partition coefficient (Wildman–Crippen LogP) is 18.5. The van der Waals surface area contributed by atoms with E-state index in [0.717, 1.165) is 43.5 Å². The van der Waals surface area contributed by atoms with Crippen LogP contribution in [0, 0.1) is 6.92 Å². The van der Waals surface area contributed by atoms with Gasteiger partial charge in [0.25, 0.3) is 35.2 Å². The molecule has 22 nitrogen and oxygen atoms in total. The standard InChI is InChI=1S/C26H32F3N3O2.C25H32F3N3O3.C24H25F6N3O3.C20H23F3N4O.CH4/c1-3-4-5-6-19-7-9-20(10-8-19)24(34)31-15-13-25(14-16-31)22-12-11-21(23(33)26(27,28)29)32(22)18-17-30(25)2;1-16(2)34-19-7-6-18(14-20(19)33-5)23(32)30-11-10-24(15-17(30)3)21-8-9-22(25(26,27)28)31(21)13-12-29(24)4;1-14-13-33-17(20(34)24(28,29)30)5-7-19(33)22(31(14)2)8-10-32(11-9-22)21(35)15-4-6-18(36-3)16(12-15)23(25,26)27;1-14-4-3-5-15(24-14)18(28)26-10-8-19(9-11-26)16-6-7-17(20(21,22)23)27(16)13-12-25(19)2;/h7-12H,3-6,13-18H2,1-2H3;6-9,14,16-17H,10-13,15H2,1-5H3;4-7,12,14H,8-11,13H2,1-3H3;3-7H,8-13H2,1-2H3;1H4/t;17-,24+;14-;;/m.01../s1. The first kappa shape index (κ1) is 101. The summed E-state index contributed by atoms with van der Waals surface area (Å²) in [5.41, 5.74) is 0.953. The van der Waals surface area contributed by atoms with Crippen molar-refractivity contribution in [1.29, 1.82) is 0 Å². The Balaban J connectivity index is 0.000000160. The molecule has 133 heavy (non-hydrogen) atoms. The number of hydrogen-bond acceptors (Lipinski definition) is 14. The van der Waals surface area contributed by atoms with Crippen LogP contribution >= 0.6 is 0 Å². The molecule has 13 heterocycles. The van der Waals surface area contributed by atoms with E-state index in [1.165, 1.54) is 85.1 Å². The number of ketones is 2. The molecule has 4 spiro atoms. The summed E-state index contributed by atoms with van der Waals surface area (Å²) in [5.74, 6) is -3.87. The lowest BCUT2D eigenvalue weighted by Gasteiger charge is -2.53. The van der Waals surface area contributed by atoms with Crippen LogP contribution in [0.4, 0.5) is 65.9 Å². The molecule has 4 amide bonds. The number of alkyl halides is 15. The van der Waals surface area contributed by atoms with E-state index in [-0.39, 0.29) is 80.0 Å². The number of halogens is 15. The number of benzene rings is 3. The van der Waals surface area contributed by atoms with E-state index in [4.69, 9.17) is 14.2 Å². The number of likely N-dealkylation sites (N-methyl/N-ethyl adjacent to an activating group) is 4. The molecular weight excluding hydrogens is 1760 g/mol. The highest BCUT2D eigenvalue weighted by atomic mass is 19.4. The number of aryl methyl sites for hydroxylation is 2. The summed E-state index contributed by atoms with van der Waals surface area (Å²) < 4.78 is 221. The zero-order valence-electron chi connectivity index (χ0n) is 75.9. The lowest BCUT2D eigenvalue weighted by atomic mass is 9.78. The molecule has 0 bridgehead atoms. The van der Waals surface area contributed by atoms with Crippen LogP contribution in [0.25, 0.3) is 0 Å². The Labute approximate surface area is 763 Å². The maximum Gasteiger partial charge on any atom is 0.456 e. The van der Waals surface area contributed by atoms with Crippen LogP contribution in [-0.2, 0) is 73.3 Å². The fraction of sp³-hybridized carbons (Fsp3) is 0.531. The first-order chi connectivity index (χ1) is 62.1. The molecule has 8 aliphatic rings.